The van der Waals surface area contributed by atoms with Crippen molar-refractivity contribution >= 4 is 5.91 Å². The number of hydrogen-bond acceptors (Lipinski definition) is 5. The fourth-order valence-electron chi connectivity index (χ4n) is 2.57. The first-order chi connectivity index (χ1) is 9.72. The molecule has 108 valence electrons. The van der Waals surface area contributed by atoms with Crippen LogP contribution in [0.2, 0.25) is 0 Å². The Morgan fingerprint density at radius 3 is 2.75 bits per heavy atom. The predicted molar refractivity (Wildman–Crippen MR) is 73.2 cm³/mol. The van der Waals surface area contributed by atoms with Crippen LogP contribution in [0.15, 0.2) is 6.20 Å². The molecule has 2 fully saturated rings. The Hall–Kier alpha value is -1.82. The van der Waals surface area contributed by atoms with Crippen LogP contribution < -0.4 is 10.1 Å². The van der Waals surface area contributed by atoms with Crippen LogP contribution in [0.25, 0.3) is 0 Å². The van der Waals surface area contributed by atoms with Gasteiger partial charge in [0.05, 0.1) is 7.11 Å². The van der Waals surface area contributed by atoms with Crippen molar-refractivity contribution in [1.82, 2.24) is 15.2 Å². The lowest BCUT2D eigenvalue weighted by atomic mass is 10.1. The standard InChI is InChI=1S/C14H19N3O3/c1-20-13-11(14(19)17-6-4-15-5-7-17)12(18)10(8-16-13)9-2-3-9/h8-9,15H,2-7H2,1H3,(H,16,18). The van der Waals surface area contributed by atoms with Crippen LogP contribution >= 0.6 is 0 Å². The number of amides is 1. The smallest absolute Gasteiger partial charge is 0.263 e. The van der Waals surface area contributed by atoms with Crippen molar-refractivity contribution in [2.75, 3.05) is 33.3 Å². The first-order valence-electron chi connectivity index (χ1n) is 6.98. The number of methoxy groups -OCH3 is 1. The summed E-state index contributed by atoms with van der Waals surface area (Å²) >= 11 is 0. The van der Waals surface area contributed by atoms with Crippen LogP contribution in [0.1, 0.15) is 34.7 Å². The van der Waals surface area contributed by atoms with Crippen LogP contribution in [0.5, 0.6) is 11.6 Å². The Kier molecular flexibility index (Phi) is 3.48. The van der Waals surface area contributed by atoms with Gasteiger partial charge in [-0.3, -0.25) is 4.79 Å². The molecule has 0 unspecified atom stereocenters. The maximum Gasteiger partial charge on any atom is 0.263 e. The van der Waals surface area contributed by atoms with Gasteiger partial charge in [-0.05, 0) is 18.8 Å². The quantitative estimate of drug-likeness (QED) is 0.851. The van der Waals surface area contributed by atoms with Gasteiger partial charge in [-0.15, -0.1) is 0 Å². The van der Waals surface area contributed by atoms with E-state index in [1.54, 1.807) is 11.1 Å². The van der Waals surface area contributed by atoms with Crippen LogP contribution in [-0.2, 0) is 0 Å². The summed E-state index contributed by atoms with van der Waals surface area (Å²) in [7, 11) is 1.47. The van der Waals surface area contributed by atoms with E-state index < -0.39 is 0 Å². The molecule has 1 aromatic rings. The van der Waals surface area contributed by atoms with Gasteiger partial charge in [0.25, 0.3) is 5.91 Å². The Balaban J connectivity index is 1.96. The number of carbonyl (C=O) groups is 1. The molecule has 1 saturated carbocycles. The van der Waals surface area contributed by atoms with Crippen LogP contribution in [0, 0.1) is 0 Å². The van der Waals surface area contributed by atoms with E-state index in [2.05, 4.69) is 10.3 Å². The van der Waals surface area contributed by atoms with E-state index in [9.17, 15) is 9.90 Å². The molecule has 1 aliphatic carbocycles. The highest BCUT2D eigenvalue weighted by molar-refractivity contribution is 5.99. The fraction of sp³-hybridized carbons (Fsp3) is 0.571. The molecule has 0 radical (unpaired) electrons. The highest BCUT2D eigenvalue weighted by Crippen LogP contribution is 2.46. The van der Waals surface area contributed by atoms with Gasteiger partial charge in [-0.2, -0.15) is 0 Å². The minimum atomic E-state index is -0.198. The highest BCUT2D eigenvalue weighted by Gasteiger charge is 2.32. The van der Waals surface area contributed by atoms with Gasteiger partial charge < -0.3 is 20.1 Å². The van der Waals surface area contributed by atoms with E-state index in [0.29, 0.717) is 19.0 Å². The van der Waals surface area contributed by atoms with Gasteiger partial charge in [0.2, 0.25) is 5.88 Å². The number of nitrogens with one attached hydrogen (secondary N) is 1. The fourth-order valence-corrected chi connectivity index (χ4v) is 2.57. The summed E-state index contributed by atoms with van der Waals surface area (Å²) in [6, 6.07) is 0. The van der Waals surface area contributed by atoms with E-state index in [1.165, 1.54) is 7.11 Å². The van der Waals surface area contributed by atoms with E-state index in [0.717, 1.165) is 31.5 Å². The van der Waals surface area contributed by atoms with Crippen LogP contribution in [0.4, 0.5) is 0 Å². The molecule has 2 heterocycles. The number of rotatable bonds is 3. The average Bonchev–Trinajstić information content (AvgIpc) is 3.31. The molecule has 1 amide bonds. The summed E-state index contributed by atoms with van der Waals surface area (Å²) in [6.45, 7) is 2.80. The van der Waals surface area contributed by atoms with Crippen molar-refractivity contribution in [3.05, 3.63) is 17.3 Å². The maximum atomic E-state index is 12.6. The second-order valence-corrected chi connectivity index (χ2v) is 5.26. The SMILES string of the molecule is COc1ncc(C2CC2)c(O)c1C(=O)N1CCNCC1. The molecule has 1 aromatic heterocycles. The van der Waals surface area contributed by atoms with Crippen molar-refractivity contribution in [3.63, 3.8) is 0 Å². The van der Waals surface area contributed by atoms with Gasteiger partial charge in [0.1, 0.15) is 11.3 Å². The van der Waals surface area contributed by atoms with E-state index in [-0.39, 0.29) is 23.1 Å². The zero-order valence-corrected chi connectivity index (χ0v) is 11.6. The minimum Gasteiger partial charge on any atom is -0.507 e. The highest BCUT2D eigenvalue weighted by atomic mass is 16.5. The molecule has 20 heavy (non-hydrogen) atoms. The second kappa shape index (κ2) is 5.28. The number of ether oxygens (including phenoxy) is 1. The van der Waals surface area contributed by atoms with Crippen molar-refractivity contribution in [1.29, 1.82) is 0 Å². The average molecular weight is 277 g/mol. The number of pyridine rings is 1. The minimum absolute atomic E-state index is 0.0443. The molecule has 1 saturated heterocycles. The molecule has 0 atom stereocenters. The Labute approximate surface area is 117 Å². The number of aromatic hydroxyl groups is 1. The van der Waals surface area contributed by atoms with Gasteiger partial charge in [0, 0.05) is 37.9 Å². The van der Waals surface area contributed by atoms with E-state index in [1.807, 2.05) is 0 Å². The Morgan fingerprint density at radius 1 is 1.45 bits per heavy atom. The topological polar surface area (TPSA) is 74.7 Å². The summed E-state index contributed by atoms with van der Waals surface area (Å²) in [6.07, 6.45) is 3.71. The molecule has 2 N–H and O–H groups in total. The number of carbonyl (C=O) groups excluding carboxylic acids is 1. The first kappa shape index (κ1) is 13.2. The largest absolute Gasteiger partial charge is 0.507 e. The lowest BCUT2D eigenvalue weighted by Gasteiger charge is -2.28. The lowest BCUT2D eigenvalue weighted by Crippen LogP contribution is -2.46. The maximum absolute atomic E-state index is 12.6. The third kappa shape index (κ3) is 2.31. The first-order valence-corrected chi connectivity index (χ1v) is 6.98. The monoisotopic (exact) mass is 277 g/mol. The molecule has 0 bridgehead atoms. The third-order valence-corrected chi connectivity index (χ3v) is 3.87. The summed E-state index contributed by atoms with van der Waals surface area (Å²) in [4.78, 5) is 18.5. The number of hydrogen-bond donors (Lipinski definition) is 2. The molecule has 0 aromatic carbocycles. The molecule has 0 spiro atoms. The van der Waals surface area contributed by atoms with Crippen molar-refractivity contribution in [2.24, 2.45) is 0 Å². The lowest BCUT2D eigenvalue weighted by molar-refractivity contribution is 0.0728. The zero-order valence-electron chi connectivity index (χ0n) is 11.6. The number of piperazine rings is 1. The summed E-state index contributed by atoms with van der Waals surface area (Å²) < 4.78 is 5.16. The van der Waals surface area contributed by atoms with Gasteiger partial charge in [-0.1, -0.05) is 0 Å². The summed E-state index contributed by atoms with van der Waals surface area (Å²) in [5.74, 6) is 0.386. The van der Waals surface area contributed by atoms with Gasteiger partial charge in [0.15, 0.2) is 0 Å². The van der Waals surface area contributed by atoms with Crippen molar-refractivity contribution in [3.8, 4) is 11.6 Å². The zero-order chi connectivity index (χ0) is 14.1. The second-order valence-electron chi connectivity index (χ2n) is 5.26. The molecular formula is C14H19N3O3. The van der Waals surface area contributed by atoms with Crippen molar-refractivity contribution < 1.29 is 14.6 Å². The normalized spacial score (nSPS) is 18.9. The molecule has 3 rings (SSSR count). The van der Waals surface area contributed by atoms with Crippen LogP contribution in [0.3, 0.4) is 0 Å². The van der Waals surface area contributed by atoms with Gasteiger partial charge >= 0.3 is 0 Å². The molecule has 6 heteroatoms. The number of nitrogens with zero attached hydrogens (tertiary/aromatic N) is 2. The summed E-state index contributed by atoms with van der Waals surface area (Å²) in [5, 5.41) is 13.6. The van der Waals surface area contributed by atoms with Gasteiger partial charge in [-0.25, -0.2) is 4.98 Å². The van der Waals surface area contributed by atoms with E-state index in [4.69, 9.17) is 4.74 Å². The molecular weight excluding hydrogens is 258 g/mol. The predicted octanol–water partition coefficient (Wildman–Crippen LogP) is 0.719. The molecule has 6 nitrogen and oxygen atoms in total. The Morgan fingerprint density at radius 2 is 2.15 bits per heavy atom. The molecule has 1 aliphatic heterocycles. The Bertz CT molecular complexity index is 523. The summed E-state index contributed by atoms with van der Waals surface area (Å²) in [5.41, 5.74) is 0.975. The molecule has 2 aliphatic rings. The van der Waals surface area contributed by atoms with E-state index >= 15 is 0 Å². The third-order valence-electron chi connectivity index (χ3n) is 3.87. The number of aromatic nitrogens is 1. The van der Waals surface area contributed by atoms with Crippen LogP contribution in [-0.4, -0.2) is 54.2 Å². The van der Waals surface area contributed by atoms with Crippen molar-refractivity contribution in [2.45, 2.75) is 18.8 Å².